The molecule has 0 bridgehead atoms. The van der Waals surface area contributed by atoms with Gasteiger partial charge in [0.05, 0.1) is 26.4 Å². The summed E-state index contributed by atoms with van der Waals surface area (Å²) in [5.41, 5.74) is -0.545. The van der Waals surface area contributed by atoms with E-state index in [0.29, 0.717) is 5.56 Å². The molecule has 1 fully saturated rings. The molecule has 34 heavy (non-hydrogen) atoms. The van der Waals surface area contributed by atoms with Crippen molar-refractivity contribution in [1.29, 1.82) is 0 Å². The maximum atomic E-state index is 13.1. The topological polar surface area (TPSA) is 179 Å². The van der Waals surface area contributed by atoms with Crippen LogP contribution in [0.3, 0.4) is 0 Å². The zero-order valence-corrected chi connectivity index (χ0v) is 18.2. The first-order chi connectivity index (χ1) is 16.2. The number of phenols is 2. The lowest BCUT2D eigenvalue weighted by atomic mass is 9.89. The van der Waals surface area contributed by atoms with Crippen molar-refractivity contribution in [2.75, 3.05) is 20.8 Å². The summed E-state index contributed by atoms with van der Waals surface area (Å²) in [5.74, 6) is -0.906. The average Bonchev–Trinajstić information content (AvgIpc) is 2.83. The van der Waals surface area contributed by atoms with Gasteiger partial charge in [-0.2, -0.15) is 0 Å². The van der Waals surface area contributed by atoms with Gasteiger partial charge in [0.2, 0.25) is 5.75 Å². The lowest BCUT2D eigenvalue weighted by molar-refractivity contribution is -0.231. The molecule has 2 heterocycles. The van der Waals surface area contributed by atoms with E-state index >= 15 is 0 Å². The van der Waals surface area contributed by atoms with Gasteiger partial charge in [-0.25, -0.2) is 0 Å². The van der Waals surface area contributed by atoms with Crippen LogP contribution in [0.2, 0.25) is 0 Å². The molecule has 5 atom stereocenters. The van der Waals surface area contributed by atoms with Crippen LogP contribution in [0, 0.1) is 0 Å². The van der Waals surface area contributed by atoms with Gasteiger partial charge in [0.25, 0.3) is 0 Å². The van der Waals surface area contributed by atoms with Crippen molar-refractivity contribution < 1.29 is 49.3 Å². The summed E-state index contributed by atoms with van der Waals surface area (Å²) in [6, 6.07) is 6.94. The molecule has 0 amide bonds. The molecule has 2 aromatic carbocycles. The number of methoxy groups -OCH3 is 2. The molecule has 6 N–H and O–H groups in total. The summed E-state index contributed by atoms with van der Waals surface area (Å²) in [7, 11) is 2.48. The highest BCUT2D eigenvalue weighted by Gasteiger charge is 2.47. The minimum Gasteiger partial charge on any atom is -0.508 e. The second-order valence-electron chi connectivity index (χ2n) is 7.80. The number of hydrogen-bond donors (Lipinski definition) is 6. The van der Waals surface area contributed by atoms with Crippen LogP contribution in [0.5, 0.6) is 23.0 Å². The van der Waals surface area contributed by atoms with E-state index in [2.05, 4.69) is 0 Å². The normalized spacial score (nSPS) is 24.8. The third kappa shape index (κ3) is 3.73. The minimum atomic E-state index is -1.73. The molecule has 0 spiro atoms. The Labute approximate surface area is 192 Å². The molecule has 11 nitrogen and oxygen atoms in total. The van der Waals surface area contributed by atoms with Crippen LogP contribution in [0.15, 0.2) is 39.5 Å². The van der Waals surface area contributed by atoms with Crippen molar-refractivity contribution in [2.45, 2.75) is 30.5 Å². The second kappa shape index (κ2) is 9.12. The number of phenolic OH excluding ortho intramolecular Hbond substituents is 2. The van der Waals surface area contributed by atoms with E-state index in [0.717, 1.165) is 6.07 Å². The fourth-order valence-electron chi connectivity index (χ4n) is 4.11. The molecule has 3 aromatic rings. The number of aliphatic hydroxyl groups is 4. The van der Waals surface area contributed by atoms with E-state index in [1.54, 1.807) is 0 Å². The van der Waals surface area contributed by atoms with Gasteiger partial charge in [0, 0.05) is 11.6 Å². The predicted octanol–water partition coefficient (Wildman–Crippen LogP) is 0.403. The Hall–Kier alpha value is -3.35. The first-order valence-electron chi connectivity index (χ1n) is 10.3. The molecule has 182 valence electrons. The lowest BCUT2D eigenvalue weighted by Gasteiger charge is -2.40. The second-order valence-corrected chi connectivity index (χ2v) is 7.80. The fraction of sp³-hybridized carbons (Fsp3) is 0.348. The van der Waals surface area contributed by atoms with Gasteiger partial charge in [0.1, 0.15) is 47.4 Å². The molecule has 1 aliphatic rings. The Morgan fingerprint density at radius 2 is 1.59 bits per heavy atom. The molecule has 1 aromatic heterocycles. The molecule has 11 heteroatoms. The number of hydrogen-bond acceptors (Lipinski definition) is 11. The summed E-state index contributed by atoms with van der Waals surface area (Å²) < 4.78 is 22.3. The van der Waals surface area contributed by atoms with Gasteiger partial charge in [-0.1, -0.05) is 0 Å². The minimum absolute atomic E-state index is 0.00190. The average molecular weight is 476 g/mol. The van der Waals surface area contributed by atoms with Crippen molar-refractivity contribution in [3.8, 4) is 34.3 Å². The van der Waals surface area contributed by atoms with E-state index < -0.39 is 48.3 Å². The van der Waals surface area contributed by atoms with Crippen molar-refractivity contribution in [3.63, 3.8) is 0 Å². The van der Waals surface area contributed by atoms with Crippen LogP contribution in [-0.2, 0) is 4.74 Å². The highest BCUT2D eigenvalue weighted by atomic mass is 16.5. The van der Waals surface area contributed by atoms with Gasteiger partial charge in [-0.3, -0.25) is 4.79 Å². The number of ether oxygens (including phenoxy) is 3. The van der Waals surface area contributed by atoms with Crippen LogP contribution in [0.25, 0.3) is 22.3 Å². The van der Waals surface area contributed by atoms with E-state index in [4.69, 9.17) is 18.6 Å². The van der Waals surface area contributed by atoms with Crippen molar-refractivity contribution in [2.24, 2.45) is 0 Å². The molecule has 0 saturated carbocycles. The third-order valence-corrected chi connectivity index (χ3v) is 5.83. The van der Waals surface area contributed by atoms with Gasteiger partial charge in [-0.05, 0) is 24.3 Å². The predicted molar refractivity (Wildman–Crippen MR) is 117 cm³/mol. The summed E-state index contributed by atoms with van der Waals surface area (Å²) in [4.78, 5) is 13.1. The van der Waals surface area contributed by atoms with E-state index in [9.17, 15) is 35.4 Å². The van der Waals surface area contributed by atoms with Crippen molar-refractivity contribution in [1.82, 2.24) is 0 Å². The van der Waals surface area contributed by atoms with Gasteiger partial charge in [0.15, 0.2) is 22.5 Å². The molecule has 0 unspecified atom stereocenters. The lowest BCUT2D eigenvalue weighted by Crippen LogP contribution is -2.55. The van der Waals surface area contributed by atoms with Crippen LogP contribution in [0.4, 0.5) is 0 Å². The third-order valence-electron chi connectivity index (χ3n) is 5.83. The highest BCUT2D eigenvalue weighted by molar-refractivity contribution is 5.93. The maximum absolute atomic E-state index is 13.1. The van der Waals surface area contributed by atoms with E-state index in [1.807, 2.05) is 0 Å². The number of benzene rings is 2. The molecule has 1 aliphatic heterocycles. The zero-order valence-electron chi connectivity index (χ0n) is 18.2. The number of aliphatic hydroxyl groups excluding tert-OH is 4. The summed E-state index contributed by atoms with van der Waals surface area (Å²) in [6.45, 7) is -0.681. The van der Waals surface area contributed by atoms with Crippen LogP contribution in [-0.4, -0.2) is 75.9 Å². The van der Waals surface area contributed by atoms with Crippen LogP contribution >= 0.6 is 0 Å². The molecule has 1 saturated heterocycles. The van der Waals surface area contributed by atoms with Gasteiger partial charge < -0.3 is 49.3 Å². The number of fused-ring (bicyclic) bond motifs is 1. The smallest absolute Gasteiger partial charge is 0.204 e. The van der Waals surface area contributed by atoms with E-state index in [1.165, 1.54) is 38.5 Å². The zero-order chi connectivity index (χ0) is 24.7. The van der Waals surface area contributed by atoms with Crippen molar-refractivity contribution >= 4 is 11.0 Å². The van der Waals surface area contributed by atoms with Crippen LogP contribution in [0.1, 0.15) is 11.7 Å². The molecule has 0 aliphatic carbocycles. The Morgan fingerprint density at radius 1 is 0.941 bits per heavy atom. The summed E-state index contributed by atoms with van der Waals surface area (Å²) in [5, 5.41) is 60.9. The quantitative estimate of drug-likeness (QED) is 0.300. The Morgan fingerprint density at radius 3 is 2.18 bits per heavy atom. The SMILES string of the molecule is COc1c(OC)c(O)c2c(=O)cc(-c3ccc(O)cc3)oc2c1[C@@H]1O[C@@H](CO)[C@@H](O)[C@@H](O)[C@H]1O. The fourth-order valence-corrected chi connectivity index (χ4v) is 4.11. The highest BCUT2D eigenvalue weighted by Crippen LogP contribution is 2.50. The first-order valence-corrected chi connectivity index (χ1v) is 10.3. The molecular formula is C23H24O11. The van der Waals surface area contributed by atoms with Crippen molar-refractivity contribution in [3.05, 3.63) is 46.1 Å². The summed E-state index contributed by atoms with van der Waals surface area (Å²) in [6.07, 6.45) is -7.78. The van der Waals surface area contributed by atoms with Crippen LogP contribution < -0.4 is 14.9 Å². The molecule has 4 rings (SSSR count). The Kier molecular flexibility index (Phi) is 6.39. The Bertz CT molecular complexity index is 1250. The number of aromatic hydroxyl groups is 2. The van der Waals surface area contributed by atoms with E-state index in [-0.39, 0.29) is 39.5 Å². The molecule has 0 radical (unpaired) electrons. The number of rotatable bonds is 5. The van der Waals surface area contributed by atoms with Gasteiger partial charge in [-0.15, -0.1) is 0 Å². The molecular weight excluding hydrogens is 452 g/mol. The standard InChI is InChI=1S/C23H24O11/c1-31-22-15(21-19(30)18(29)16(27)13(8-24)34-21)20-14(17(28)23(22)32-2)11(26)7-12(33-20)9-3-5-10(25)6-4-9/h3-7,13,16,18-19,21,24-25,27-30H,8H2,1-2H3/t13-,16+,18+,19+,21-/m0/s1. The first kappa shape index (κ1) is 23.8. The maximum Gasteiger partial charge on any atom is 0.204 e. The van der Waals surface area contributed by atoms with Gasteiger partial charge >= 0.3 is 0 Å². The summed E-state index contributed by atoms with van der Waals surface area (Å²) >= 11 is 0. The Balaban J connectivity index is 2.06. The monoisotopic (exact) mass is 476 g/mol. The largest absolute Gasteiger partial charge is 0.508 e.